The molecule has 10 heteroatoms. The van der Waals surface area contributed by atoms with Gasteiger partial charge in [-0.25, -0.2) is 8.42 Å². The number of fused-ring (bicyclic) bond motifs is 1. The molecule has 0 spiro atoms. The Bertz CT molecular complexity index is 1010. The summed E-state index contributed by atoms with van der Waals surface area (Å²) in [6, 6.07) is 5.08. The Kier molecular flexibility index (Phi) is 5.41. The monoisotopic (exact) mass is 419 g/mol. The van der Waals surface area contributed by atoms with Gasteiger partial charge in [0.25, 0.3) is 0 Å². The summed E-state index contributed by atoms with van der Waals surface area (Å²) in [7, 11) is -3.55. The molecule has 0 bridgehead atoms. The molecule has 1 aromatic heterocycles. The van der Waals surface area contributed by atoms with Crippen LogP contribution in [0.2, 0.25) is 0 Å². The van der Waals surface area contributed by atoms with Crippen LogP contribution in [0.25, 0.3) is 0 Å². The number of benzene rings is 1. The van der Waals surface area contributed by atoms with E-state index in [1.807, 2.05) is 0 Å². The van der Waals surface area contributed by atoms with E-state index in [9.17, 15) is 13.2 Å². The lowest BCUT2D eigenvalue weighted by Gasteiger charge is -2.33. The van der Waals surface area contributed by atoms with Crippen molar-refractivity contribution in [3.05, 3.63) is 35.5 Å². The fourth-order valence-electron chi connectivity index (χ4n) is 3.90. The number of sulfonamides is 1. The number of hydrogen-bond donors (Lipinski definition) is 0. The molecule has 2 aliphatic heterocycles. The van der Waals surface area contributed by atoms with Crippen LogP contribution >= 0.6 is 0 Å². The van der Waals surface area contributed by atoms with Crippen molar-refractivity contribution in [3.8, 4) is 0 Å². The first kappa shape index (κ1) is 20.0. The highest BCUT2D eigenvalue weighted by Gasteiger charge is 2.30. The molecule has 0 aliphatic carbocycles. The molecular formula is C19H25N5O4S. The van der Waals surface area contributed by atoms with E-state index < -0.39 is 10.0 Å². The SMILES string of the molecule is CC(=O)N1CCc2cc(S(=O)(=O)N3CCN(CCc4nnc(C)o4)CC3)ccc21. The van der Waals surface area contributed by atoms with Gasteiger partial charge in [0.05, 0.1) is 4.90 Å². The van der Waals surface area contributed by atoms with Crippen LogP contribution in [0, 0.1) is 6.92 Å². The van der Waals surface area contributed by atoms with E-state index in [1.165, 1.54) is 6.92 Å². The average Bonchev–Trinajstić information content (AvgIpc) is 3.32. The molecule has 1 saturated heterocycles. The minimum Gasteiger partial charge on any atom is -0.426 e. The largest absolute Gasteiger partial charge is 0.426 e. The lowest BCUT2D eigenvalue weighted by Crippen LogP contribution is -2.49. The number of piperazine rings is 1. The number of aromatic nitrogens is 2. The standard InChI is InChI=1S/C19H25N5O4S/c1-14-20-21-19(28-14)6-7-22-9-11-23(12-10-22)29(26,27)17-3-4-18-16(13-17)5-8-24(18)15(2)25/h3-4,13H,5-12H2,1-2H3. The van der Waals surface area contributed by atoms with Gasteiger partial charge in [-0.1, -0.05) is 0 Å². The highest BCUT2D eigenvalue weighted by Crippen LogP contribution is 2.31. The summed E-state index contributed by atoms with van der Waals surface area (Å²) in [5.74, 6) is 1.14. The summed E-state index contributed by atoms with van der Waals surface area (Å²) in [6.07, 6.45) is 1.34. The van der Waals surface area contributed by atoms with Gasteiger partial charge in [-0.2, -0.15) is 4.31 Å². The summed E-state index contributed by atoms with van der Waals surface area (Å²) in [5, 5.41) is 7.82. The van der Waals surface area contributed by atoms with E-state index >= 15 is 0 Å². The fourth-order valence-corrected chi connectivity index (χ4v) is 5.37. The van der Waals surface area contributed by atoms with E-state index in [4.69, 9.17) is 4.42 Å². The Hall–Kier alpha value is -2.30. The lowest BCUT2D eigenvalue weighted by molar-refractivity contribution is -0.116. The van der Waals surface area contributed by atoms with Crippen molar-refractivity contribution in [1.82, 2.24) is 19.4 Å². The molecule has 9 nitrogen and oxygen atoms in total. The van der Waals surface area contributed by atoms with Gasteiger partial charge in [0.1, 0.15) is 0 Å². The zero-order valence-electron chi connectivity index (χ0n) is 16.7. The van der Waals surface area contributed by atoms with E-state index in [1.54, 1.807) is 34.3 Å². The van der Waals surface area contributed by atoms with Gasteiger partial charge in [-0.05, 0) is 30.2 Å². The molecule has 0 atom stereocenters. The van der Waals surface area contributed by atoms with Crippen molar-refractivity contribution in [2.24, 2.45) is 0 Å². The smallest absolute Gasteiger partial charge is 0.243 e. The molecule has 1 aromatic carbocycles. The topological polar surface area (TPSA) is 99.9 Å². The molecule has 2 aliphatic rings. The van der Waals surface area contributed by atoms with Crippen LogP contribution in [0.3, 0.4) is 0 Å². The third-order valence-electron chi connectivity index (χ3n) is 5.51. The predicted octanol–water partition coefficient (Wildman–Crippen LogP) is 0.836. The molecule has 0 radical (unpaired) electrons. The summed E-state index contributed by atoms with van der Waals surface area (Å²) in [6.45, 7) is 6.87. The van der Waals surface area contributed by atoms with Crippen molar-refractivity contribution in [2.45, 2.75) is 31.6 Å². The number of aryl methyl sites for hydroxylation is 1. The number of carbonyl (C=O) groups excluding carboxylic acids is 1. The van der Waals surface area contributed by atoms with Crippen molar-refractivity contribution >= 4 is 21.6 Å². The third-order valence-corrected chi connectivity index (χ3v) is 7.40. The highest BCUT2D eigenvalue weighted by atomic mass is 32.2. The molecule has 0 unspecified atom stereocenters. The summed E-state index contributed by atoms with van der Waals surface area (Å²) in [5.41, 5.74) is 1.73. The maximum absolute atomic E-state index is 13.1. The van der Waals surface area contributed by atoms with Crippen LogP contribution < -0.4 is 4.90 Å². The van der Waals surface area contributed by atoms with Crippen LogP contribution in [0.15, 0.2) is 27.5 Å². The number of amides is 1. The summed E-state index contributed by atoms with van der Waals surface area (Å²) >= 11 is 0. The van der Waals surface area contributed by atoms with Gasteiger partial charge in [-0.15, -0.1) is 10.2 Å². The molecule has 0 saturated carbocycles. The normalized spacial score (nSPS) is 18.2. The highest BCUT2D eigenvalue weighted by molar-refractivity contribution is 7.89. The first-order valence-electron chi connectivity index (χ1n) is 9.77. The first-order valence-corrected chi connectivity index (χ1v) is 11.2. The quantitative estimate of drug-likeness (QED) is 0.708. The van der Waals surface area contributed by atoms with Crippen molar-refractivity contribution in [2.75, 3.05) is 44.2 Å². The average molecular weight is 420 g/mol. The van der Waals surface area contributed by atoms with Gasteiger partial charge in [-0.3, -0.25) is 4.79 Å². The van der Waals surface area contributed by atoms with Crippen molar-refractivity contribution in [1.29, 1.82) is 0 Å². The molecule has 3 heterocycles. The summed E-state index contributed by atoms with van der Waals surface area (Å²) < 4.78 is 33.1. The van der Waals surface area contributed by atoms with Gasteiger partial charge in [0.15, 0.2) is 0 Å². The molecule has 1 amide bonds. The second-order valence-electron chi connectivity index (χ2n) is 7.42. The van der Waals surface area contributed by atoms with Crippen LogP contribution in [0.4, 0.5) is 5.69 Å². The maximum Gasteiger partial charge on any atom is 0.243 e. The second kappa shape index (κ2) is 7.85. The zero-order valence-corrected chi connectivity index (χ0v) is 17.5. The Labute approximate surface area is 170 Å². The zero-order chi connectivity index (χ0) is 20.6. The first-order chi connectivity index (χ1) is 13.8. The lowest BCUT2D eigenvalue weighted by atomic mass is 10.2. The third kappa shape index (κ3) is 4.05. The van der Waals surface area contributed by atoms with E-state index in [2.05, 4.69) is 15.1 Å². The Balaban J connectivity index is 1.38. The summed E-state index contributed by atoms with van der Waals surface area (Å²) in [4.78, 5) is 15.9. The predicted molar refractivity (Wildman–Crippen MR) is 106 cm³/mol. The van der Waals surface area contributed by atoms with Gasteiger partial charge < -0.3 is 14.2 Å². The molecule has 156 valence electrons. The molecule has 2 aromatic rings. The Morgan fingerprint density at radius 1 is 1.14 bits per heavy atom. The van der Waals surface area contributed by atoms with E-state index in [0.29, 0.717) is 62.2 Å². The minimum absolute atomic E-state index is 0.0221. The van der Waals surface area contributed by atoms with Crippen LogP contribution in [-0.2, 0) is 27.7 Å². The fraction of sp³-hybridized carbons (Fsp3) is 0.526. The number of anilines is 1. The second-order valence-corrected chi connectivity index (χ2v) is 9.36. The molecule has 4 rings (SSSR count). The Morgan fingerprint density at radius 2 is 1.90 bits per heavy atom. The van der Waals surface area contributed by atoms with Crippen LogP contribution in [0.5, 0.6) is 0 Å². The number of hydrogen-bond acceptors (Lipinski definition) is 7. The van der Waals surface area contributed by atoms with Crippen LogP contribution in [-0.4, -0.2) is 73.0 Å². The number of rotatable bonds is 5. The Morgan fingerprint density at radius 3 is 2.55 bits per heavy atom. The van der Waals surface area contributed by atoms with Gasteiger partial charge in [0.2, 0.25) is 27.7 Å². The molecular weight excluding hydrogens is 394 g/mol. The molecule has 0 N–H and O–H groups in total. The number of carbonyl (C=O) groups is 1. The van der Waals surface area contributed by atoms with Crippen LogP contribution in [0.1, 0.15) is 24.3 Å². The molecule has 1 fully saturated rings. The molecule has 29 heavy (non-hydrogen) atoms. The van der Waals surface area contributed by atoms with Crippen molar-refractivity contribution in [3.63, 3.8) is 0 Å². The van der Waals surface area contributed by atoms with Gasteiger partial charge >= 0.3 is 0 Å². The number of nitrogens with zero attached hydrogens (tertiary/aromatic N) is 5. The van der Waals surface area contributed by atoms with Gasteiger partial charge in [0, 0.05) is 65.2 Å². The minimum atomic E-state index is -3.55. The maximum atomic E-state index is 13.1. The van der Waals surface area contributed by atoms with E-state index in [0.717, 1.165) is 17.8 Å². The van der Waals surface area contributed by atoms with E-state index in [-0.39, 0.29) is 5.91 Å². The van der Waals surface area contributed by atoms with Crippen molar-refractivity contribution < 1.29 is 17.6 Å².